The van der Waals surface area contributed by atoms with E-state index in [9.17, 15) is 10.0 Å². The van der Waals surface area contributed by atoms with Gasteiger partial charge in [0, 0.05) is 15.4 Å². The predicted molar refractivity (Wildman–Crippen MR) is 98.1 cm³/mol. The molecular weight excluding hydrogens is 372 g/mol. The van der Waals surface area contributed by atoms with E-state index in [1.165, 1.54) is 0 Å². The molecular formula is C18H17BrN2O3. The van der Waals surface area contributed by atoms with Crippen LogP contribution in [0.2, 0.25) is 0 Å². The van der Waals surface area contributed by atoms with Gasteiger partial charge in [0.05, 0.1) is 18.2 Å². The first kappa shape index (κ1) is 16.5. The van der Waals surface area contributed by atoms with Crippen molar-refractivity contribution in [3.8, 4) is 11.6 Å². The molecule has 24 heavy (non-hydrogen) atoms. The van der Waals surface area contributed by atoms with Crippen LogP contribution in [0.15, 0.2) is 52.1 Å². The molecule has 0 aliphatic carbocycles. The molecule has 1 aromatic heterocycles. The molecule has 0 aliphatic heterocycles. The van der Waals surface area contributed by atoms with Crippen molar-refractivity contribution in [1.29, 1.82) is 0 Å². The number of para-hydroxylation sites is 1. The maximum Gasteiger partial charge on any atom is 0.222 e. The average Bonchev–Trinajstić information content (AvgIpc) is 2.79. The van der Waals surface area contributed by atoms with Crippen LogP contribution in [0.25, 0.3) is 10.9 Å². The molecule has 5 nitrogen and oxygen atoms in total. The van der Waals surface area contributed by atoms with Crippen molar-refractivity contribution < 1.29 is 9.84 Å². The van der Waals surface area contributed by atoms with Crippen LogP contribution in [0.1, 0.15) is 19.4 Å². The molecule has 0 atom stereocenters. The molecule has 0 amide bonds. The lowest BCUT2D eigenvalue weighted by atomic mass is 10.2. The van der Waals surface area contributed by atoms with E-state index < -0.39 is 0 Å². The Kier molecular flexibility index (Phi) is 4.57. The molecule has 0 fully saturated rings. The van der Waals surface area contributed by atoms with Crippen LogP contribution in [-0.4, -0.2) is 15.8 Å². The van der Waals surface area contributed by atoms with Crippen LogP contribution < -0.4 is 4.74 Å². The van der Waals surface area contributed by atoms with E-state index in [0.29, 0.717) is 11.9 Å². The summed E-state index contributed by atoms with van der Waals surface area (Å²) in [5.74, 6) is 0.615. The van der Waals surface area contributed by atoms with Crippen LogP contribution in [-0.2, 0) is 6.54 Å². The molecule has 6 heteroatoms. The summed E-state index contributed by atoms with van der Waals surface area (Å²) in [5.41, 5.74) is 1.71. The second-order valence-electron chi connectivity index (χ2n) is 5.79. The van der Waals surface area contributed by atoms with Crippen LogP contribution >= 0.6 is 15.9 Å². The normalized spacial score (nSPS) is 11.2. The number of rotatable bonds is 5. The number of ether oxygens (including phenoxy) is 1. The van der Waals surface area contributed by atoms with Gasteiger partial charge in [-0.3, -0.25) is 0 Å². The third-order valence-corrected chi connectivity index (χ3v) is 4.22. The zero-order valence-electron chi connectivity index (χ0n) is 13.4. The number of aromatic nitrogens is 1. The summed E-state index contributed by atoms with van der Waals surface area (Å²) >= 11 is 3.38. The fourth-order valence-electron chi connectivity index (χ4n) is 2.72. The minimum absolute atomic E-state index is 0.0457. The maximum atomic E-state index is 11.2. The SMILES string of the molecule is CC(C)Oc1ccccc1Cn1c(O)c(N=O)c2cc(Br)ccc21. The topological polar surface area (TPSA) is 63.8 Å². The molecule has 3 rings (SSSR count). The molecule has 1 N–H and O–H groups in total. The van der Waals surface area contributed by atoms with E-state index in [1.807, 2.05) is 50.2 Å². The van der Waals surface area contributed by atoms with Crippen LogP contribution in [0.3, 0.4) is 0 Å². The quantitative estimate of drug-likeness (QED) is 0.599. The third kappa shape index (κ3) is 3.01. The van der Waals surface area contributed by atoms with Gasteiger partial charge in [0.2, 0.25) is 5.88 Å². The second-order valence-corrected chi connectivity index (χ2v) is 6.70. The minimum Gasteiger partial charge on any atom is -0.493 e. The molecule has 0 aliphatic rings. The van der Waals surface area contributed by atoms with E-state index in [2.05, 4.69) is 21.1 Å². The number of nitrogens with zero attached hydrogens (tertiary/aromatic N) is 2. The van der Waals surface area contributed by atoms with Crippen molar-refractivity contribution in [2.24, 2.45) is 5.18 Å². The van der Waals surface area contributed by atoms with E-state index in [4.69, 9.17) is 4.74 Å². The van der Waals surface area contributed by atoms with Crippen LogP contribution in [0, 0.1) is 4.91 Å². The molecule has 124 valence electrons. The average molecular weight is 389 g/mol. The fraction of sp³-hybridized carbons (Fsp3) is 0.222. The molecule has 0 saturated carbocycles. The maximum absolute atomic E-state index is 11.2. The lowest BCUT2D eigenvalue weighted by molar-refractivity contribution is 0.239. The summed E-state index contributed by atoms with van der Waals surface area (Å²) in [6.45, 7) is 4.30. The predicted octanol–water partition coefficient (Wildman–Crippen LogP) is 5.34. The molecule has 2 aromatic carbocycles. The molecule has 0 radical (unpaired) electrons. The zero-order valence-corrected chi connectivity index (χ0v) is 14.9. The lowest BCUT2D eigenvalue weighted by Crippen LogP contribution is -2.09. The second kappa shape index (κ2) is 6.65. The molecule has 0 unspecified atom stereocenters. The molecule has 0 saturated heterocycles. The largest absolute Gasteiger partial charge is 0.493 e. The Morgan fingerprint density at radius 3 is 2.71 bits per heavy atom. The van der Waals surface area contributed by atoms with Gasteiger partial charge < -0.3 is 14.4 Å². The van der Waals surface area contributed by atoms with Crippen molar-refractivity contribution >= 4 is 32.5 Å². The van der Waals surface area contributed by atoms with Crippen LogP contribution in [0.5, 0.6) is 11.6 Å². The Morgan fingerprint density at radius 1 is 1.25 bits per heavy atom. The first-order valence-electron chi connectivity index (χ1n) is 7.60. The number of benzene rings is 2. The third-order valence-electron chi connectivity index (χ3n) is 3.73. The lowest BCUT2D eigenvalue weighted by Gasteiger charge is -2.15. The van der Waals surface area contributed by atoms with Gasteiger partial charge in [-0.25, -0.2) is 0 Å². The van der Waals surface area contributed by atoms with Gasteiger partial charge in [-0.15, -0.1) is 4.91 Å². The molecule has 0 bridgehead atoms. The Hall–Kier alpha value is -2.34. The van der Waals surface area contributed by atoms with Gasteiger partial charge in [0.1, 0.15) is 5.75 Å². The first-order valence-corrected chi connectivity index (χ1v) is 8.39. The van der Waals surface area contributed by atoms with Crippen molar-refractivity contribution in [1.82, 2.24) is 4.57 Å². The summed E-state index contributed by atoms with van der Waals surface area (Å²) in [4.78, 5) is 11.2. The summed E-state index contributed by atoms with van der Waals surface area (Å²) in [7, 11) is 0. The Labute approximate surface area is 148 Å². The number of halogens is 1. The Morgan fingerprint density at radius 2 is 2.00 bits per heavy atom. The van der Waals surface area contributed by atoms with Crippen LogP contribution in [0.4, 0.5) is 5.69 Å². The standard InChI is InChI=1S/C18H17BrN2O3/c1-11(2)24-16-6-4-3-5-12(16)10-21-15-8-7-13(19)9-14(15)17(20-23)18(21)22/h3-9,11,22H,10H2,1-2H3. The summed E-state index contributed by atoms with van der Waals surface area (Å²) in [5, 5.41) is 14.1. The Bertz CT molecular complexity index is 903. The molecule has 0 spiro atoms. The van der Waals surface area contributed by atoms with Gasteiger partial charge >= 0.3 is 0 Å². The summed E-state index contributed by atoms with van der Waals surface area (Å²) in [6.07, 6.45) is 0.0457. The Balaban J connectivity index is 2.12. The smallest absolute Gasteiger partial charge is 0.222 e. The van der Waals surface area contributed by atoms with E-state index in [1.54, 1.807) is 10.6 Å². The summed E-state index contributed by atoms with van der Waals surface area (Å²) < 4.78 is 8.32. The van der Waals surface area contributed by atoms with Crippen molar-refractivity contribution in [2.75, 3.05) is 0 Å². The number of hydrogen-bond donors (Lipinski definition) is 1. The van der Waals surface area contributed by atoms with Gasteiger partial charge in [-0.05, 0) is 43.3 Å². The van der Waals surface area contributed by atoms with Gasteiger partial charge in [0.25, 0.3) is 0 Å². The molecule has 1 heterocycles. The van der Waals surface area contributed by atoms with Gasteiger partial charge in [-0.2, -0.15) is 0 Å². The van der Waals surface area contributed by atoms with E-state index in [0.717, 1.165) is 21.3 Å². The van der Waals surface area contributed by atoms with E-state index >= 15 is 0 Å². The number of hydrogen-bond acceptors (Lipinski definition) is 4. The monoisotopic (exact) mass is 388 g/mol. The highest BCUT2D eigenvalue weighted by Gasteiger charge is 2.19. The van der Waals surface area contributed by atoms with Crippen molar-refractivity contribution in [3.63, 3.8) is 0 Å². The molecule has 3 aromatic rings. The minimum atomic E-state index is -0.141. The number of nitroso groups, excluding NO2 is 1. The van der Waals surface area contributed by atoms with Gasteiger partial charge in [-0.1, -0.05) is 34.1 Å². The van der Waals surface area contributed by atoms with E-state index in [-0.39, 0.29) is 17.7 Å². The van der Waals surface area contributed by atoms with Gasteiger partial charge in [0.15, 0.2) is 5.69 Å². The summed E-state index contributed by atoms with van der Waals surface area (Å²) in [6, 6.07) is 13.1. The fourth-order valence-corrected chi connectivity index (χ4v) is 3.08. The van der Waals surface area contributed by atoms with Crippen molar-refractivity contribution in [2.45, 2.75) is 26.5 Å². The zero-order chi connectivity index (χ0) is 17.3. The first-order chi connectivity index (χ1) is 11.5. The number of fused-ring (bicyclic) bond motifs is 1. The number of aromatic hydroxyl groups is 1. The van der Waals surface area contributed by atoms with Crippen molar-refractivity contribution in [3.05, 3.63) is 57.4 Å². The highest BCUT2D eigenvalue weighted by Crippen LogP contribution is 2.40. The highest BCUT2D eigenvalue weighted by atomic mass is 79.9. The highest BCUT2D eigenvalue weighted by molar-refractivity contribution is 9.10.